The molecule has 198 valence electrons. The van der Waals surface area contributed by atoms with Crippen LogP contribution in [0.15, 0.2) is 12.1 Å². The lowest BCUT2D eigenvalue weighted by Crippen LogP contribution is -2.22. The predicted octanol–water partition coefficient (Wildman–Crippen LogP) is 2.10. The van der Waals surface area contributed by atoms with Crippen molar-refractivity contribution < 1.29 is 31.9 Å². The Morgan fingerprint density at radius 2 is 1.30 bits per heavy atom. The molecular formula is C25H29N4O7S-. The van der Waals surface area contributed by atoms with Crippen LogP contribution in [0, 0.1) is 35.8 Å². The Hall–Kier alpha value is -3.65. The maximum absolute atomic E-state index is 10.6. The molecule has 0 aliphatic carbocycles. The van der Waals surface area contributed by atoms with E-state index in [0.29, 0.717) is 13.0 Å². The minimum absolute atomic E-state index is 0.00864. The number of benzene rings is 1. The molecule has 0 saturated heterocycles. The molecule has 0 heterocycles. The molecule has 12 heteroatoms. The van der Waals surface area contributed by atoms with Gasteiger partial charge >= 0.3 is 0 Å². The van der Waals surface area contributed by atoms with Crippen molar-refractivity contribution in [2.24, 2.45) is 0 Å². The molecular weight excluding hydrogens is 500 g/mol. The lowest BCUT2D eigenvalue weighted by atomic mass is 10.1. The monoisotopic (exact) mass is 529 g/mol. The second kappa shape index (κ2) is 17.7. The standard InChI is InChI=1S/C25H30N4O7S/c1-4-5-6-9-33-11-13-35-24-16-21(23(19-27)29-3)25(17-20(24)22(18-26)28-2)36-14-12-34-10-7-8-15-37(30,31)32/h16-17H,4-15H2,1H3,(H,30,31,32)/p-1/b22-20-,23-21+. The van der Waals surface area contributed by atoms with Crippen LogP contribution in [0.4, 0.5) is 0 Å². The fraction of sp³-hybridized carbons (Fsp3) is 0.520. The van der Waals surface area contributed by atoms with Gasteiger partial charge in [-0.1, -0.05) is 19.8 Å². The molecule has 0 atom stereocenters. The summed E-state index contributed by atoms with van der Waals surface area (Å²) >= 11 is 0. The van der Waals surface area contributed by atoms with Gasteiger partial charge in [-0.3, -0.25) is 0 Å². The molecule has 0 N–H and O–H groups in total. The highest BCUT2D eigenvalue weighted by Gasteiger charge is 2.12. The van der Waals surface area contributed by atoms with Gasteiger partial charge in [-0.05, 0) is 31.4 Å². The summed E-state index contributed by atoms with van der Waals surface area (Å²) in [5.41, 5.74) is -0.510. The van der Waals surface area contributed by atoms with Gasteiger partial charge in [0.1, 0.15) is 24.7 Å². The van der Waals surface area contributed by atoms with E-state index < -0.39 is 15.9 Å². The first-order valence-corrected chi connectivity index (χ1v) is 13.2. The van der Waals surface area contributed by atoms with E-state index in [1.807, 2.05) is 12.1 Å². The van der Waals surface area contributed by atoms with Gasteiger partial charge in [0.2, 0.25) is 0 Å². The van der Waals surface area contributed by atoms with Crippen molar-refractivity contribution in [2.75, 3.05) is 45.4 Å². The van der Waals surface area contributed by atoms with E-state index in [4.69, 9.17) is 32.1 Å². The second-order valence-corrected chi connectivity index (χ2v) is 9.11. The zero-order chi connectivity index (χ0) is 27.5. The van der Waals surface area contributed by atoms with Gasteiger partial charge in [-0.15, -0.1) is 0 Å². The molecule has 1 aromatic carbocycles. The molecule has 0 spiro atoms. The fourth-order valence-corrected chi connectivity index (χ4v) is 3.58. The third-order valence-corrected chi connectivity index (χ3v) is 5.61. The minimum atomic E-state index is -4.25. The lowest BCUT2D eigenvalue weighted by Gasteiger charge is -2.13. The summed E-state index contributed by atoms with van der Waals surface area (Å²) in [6.07, 6.45) is 3.62. The summed E-state index contributed by atoms with van der Waals surface area (Å²) in [4.78, 5) is 6.48. The molecule has 0 unspecified atom stereocenters. The van der Waals surface area contributed by atoms with Crippen LogP contribution >= 0.6 is 0 Å². The van der Waals surface area contributed by atoms with Crippen molar-refractivity contribution in [3.8, 4) is 23.6 Å². The van der Waals surface area contributed by atoms with Gasteiger partial charge in [0.15, 0.2) is 0 Å². The summed E-state index contributed by atoms with van der Waals surface area (Å²) < 4.78 is 54.2. The maximum atomic E-state index is 10.6. The highest BCUT2D eigenvalue weighted by molar-refractivity contribution is 7.85. The zero-order valence-electron chi connectivity index (χ0n) is 20.7. The highest BCUT2D eigenvalue weighted by atomic mass is 32.2. The molecule has 0 aliphatic rings. The Kier molecular flexibility index (Phi) is 15.0. The average molecular weight is 530 g/mol. The Balaban J connectivity index is 3.05. The van der Waals surface area contributed by atoms with Gasteiger partial charge < -0.3 is 23.5 Å². The molecule has 1 aromatic rings. The average Bonchev–Trinajstić information content (AvgIpc) is 2.87. The van der Waals surface area contributed by atoms with Crippen LogP contribution in [0.5, 0.6) is 11.5 Å². The number of nitriles is 2. The molecule has 0 radical (unpaired) electrons. The Bertz CT molecular complexity index is 1250. The van der Waals surface area contributed by atoms with Crippen LogP contribution in [0.25, 0.3) is 21.1 Å². The predicted molar refractivity (Wildman–Crippen MR) is 133 cm³/mol. The molecule has 11 nitrogen and oxygen atoms in total. The molecule has 1 rings (SSSR count). The van der Waals surface area contributed by atoms with E-state index in [9.17, 15) is 23.5 Å². The molecule has 0 aliphatic heterocycles. The van der Waals surface area contributed by atoms with Gasteiger partial charge in [0.05, 0.1) is 48.6 Å². The molecule has 0 saturated carbocycles. The van der Waals surface area contributed by atoms with E-state index in [1.165, 1.54) is 12.1 Å². The summed E-state index contributed by atoms with van der Waals surface area (Å²) in [6, 6.07) is 6.40. The number of hydrogen-bond acceptors (Lipinski definition) is 9. The number of hydrogen-bond donors (Lipinski definition) is 0. The fourth-order valence-electron chi connectivity index (χ4n) is 3.02. The van der Waals surface area contributed by atoms with Crippen molar-refractivity contribution in [1.29, 1.82) is 10.5 Å². The quantitative estimate of drug-likeness (QED) is 0.168. The lowest BCUT2D eigenvalue weighted by molar-refractivity contribution is 0.0959. The van der Waals surface area contributed by atoms with Crippen LogP contribution < -0.4 is 19.9 Å². The Morgan fingerprint density at radius 3 is 1.68 bits per heavy atom. The second-order valence-electron chi connectivity index (χ2n) is 7.59. The van der Waals surface area contributed by atoms with Crippen LogP contribution in [0.3, 0.4) is 0 Å². The summed E-state index contributed by atoms with van der Waals surface area (Å²) in [5, 5.41) is 19.1. The largest absolute Gasteiger partial charge is 0.748 e. The first kappa shape index (κ1) is 31.4. The van der Waals surface area contributed by atoms with Crippen LogP contribution in [-0.2, 0) is 19.6 Å². The number of ether oxygens (including phenoxy) is 4. The number of unbranched alkanes of at least 4 members (excludes halogenated alkanes) is 3. The summed E-state index contributed by atoms with van der Waals surface area (Å²) in [6.45, 7) is 18.1. The van der Waals surface area contributed by atoms with Gasteiger partial charge in [-0.2, -0.15) is 0 Å². The molecule has 37 heavy (non-hydrogen) atoms. The minimum Gasteiger partial charge on any atom is -0.748 e. The van der Waals surface area contributed by atoms with Crippen LogP contribution in [-0.4, -0.2) is 58.4 Å². The maximum Gasteiger partial charge on any atom is 0.272 e. The first-order valence-electron chi connectivity index (χ1n) is 11.6. The van der Waals surface area contributed by atoms with E-state index in [2.05, 4.69) is 16.6 Å². The van der Waals surface area contributed by atoms with Crippen molar-refractivity contribution in [3.63, 3.8) is 0 Å². The van der Waals surface area contributed by atoms with E-state index in [0.717, 1.165) is 19.3 Å². The van der Waals surface area contributed by atoms with Gasteiger partial charge in [0.25, 0.3) is 11.4 Å². The SMILES string of the molecule is [C-]#[N+]/C(C#N)=c1/cc(OCCOCCCCS(=O)(=O)[O-])/c(=C(\C#N)[N+]#[C-])cc1OCCOCCCCC. The first-order chi connectivity index (χ1) is 17.8. The highest BCUT2D eigenvalue weighted by Crippen LogP contribution is 2.12. The van der Waals surface area contributed by atoms with Crippen LogP contribution in [0.2, 0.25) is 0 Å². The van der Waals surface area contributed by atoms with Gasteiger partial charge in [0, 0.05) is 29.4 Å². The van der Waals surface area contributed by atoms with Crippen molar-refractivity contribution in [2.45, 2.75) is 39.0 Å². The number of rotatable bonds is 17. The topological polar surface area (TPSA) is 150 Å². The van der Waals surface area contributed by atoms with Crippen molar-refractivity contribution in [1.82, 2.24) is 0 Å². The normalized spacial score (nSPS) is 12.4. The molecule has 0 fully saturated rings. The Labute approximate surface area is 217 Å². The zero-order valence-corrected chi connectivity index (χ0v) is 21.5. The van der Waals surface area contributed by atoms with Crippen molar-refractivity contribution in [3.05, 3.63) is 45.4 Å². The Morgan fingerprint density at radius 1 is 0.838 bits per heavy atom. The van der Waals surface area contributed by atoms with Crippen LogP contribution in [0.1, 0.15) is 39.0 Å². The summed E-state index contributed by atoms with van der Waals surface area (Å²) in [5.74, 6) is -0.211. The number of nitrogens with zero attached hydrogens (tertiary/aromatic N) is 4. The molecule has 0 bridgehead atoms. The third kappa shape index (κ3) is 12.2. The molecule has 0 amide bonds. The third-order valence-electron chi connectivity index (χ3n) is 4.82. The van der Waals surface area contributed by atoms with E-state index in [1.54, 1.807) is 0 Å². The molecule has 0 aromatic heterocycles. The van der Waals surface area contributed by atoms with E-state index >= 15 is 0 Å². The smallest absolute Gasteiger partial charge is 0.272 e. The van der Waals surface area contributed by atoms with Gasteiger partial charge in [-0.25, -0.2) is 28.6 Å². The van der Waals surface area contributed by atoms with Crippen molar-refractivity contribution >= 4 is 21.5 Å². The van der Waals surface area contributed by atoms with E-state index in [-0.39, 0.29) is 72.8 Å². The summed E-state index contributed by atoms with van der Waals surface area (Å²) in [7, 11) is -4.25.